The van der Waals surface area contributed by atoms with E-state index < -0.39 is 0 Å². The minimum atomic E-state index is 0.656. The van der Waals surface area contributed by atoms with Crippen LogP contribution in [0, 0.1) is 5.92 Å². The van der Waals surface area contributed by atoms with Crippen molar-refractivity contribution in [2.45, 2.75) is 13.3 Å². The lowest BCUT2D eigenvalue weighted by molar-refractivity contribution is 0.814. The van der Waals surface area contributed by atoms with Crippen LogP contribution in [0.2, 0.25) is 0 Å². The molecular weight excluding hydrogens is 132 g/mol. The largest absolute Gasteiger partial charge is 0.0834 e. The van der Waals surface area contributed by atoms with Crippen molar-refractivity contribution < 1.29 is 0 Å². The van der Waals surface area contributed by atoms with Gasteiger partial charge in [0.05, 0.1) is 0 Å². The van der Waals surface area contributed by atoms with E-state index in [-0.39, 0.29) is 0 Å². The Bertz CT molecular complexity index is 274. The zero-order chi connectivity index (χ0) is 7.68. The predicted octanol–water partition coefficient (Wildman–Crippen LogP) is 3.01. The second kappa shape index (κ2) is 2.54. The van der Waals surface area contributed by atoms with Crippen LogP contribution in [-0.2, 0) is 0 Å². The van der Waals surface area contributed by atoms with Crippen LogP contribution >= 0.6 is 0 Å². The van der Waals surface area contributed by atoms with Crippen LogP contribution in [0.1, 0.15) is 13.3 Å². The molecule has 0 radical (unpaired) electrons. The maximum Gasteiger partial charge on any atom is 0.00558 e. The molecule has 0 aliphatic heterocycles. The molecule has 0 aromatic heterocycles. The molecule has 1 atom stereocenters. The summed E-state index contributed by atoms with van der Waals surface area (Å²) in [6, 6.07) is 0. The zero-order valence-electron chi connectivity index (χ0n) is 6.75. The second-order valence-corrected chi connectivity index (χ2v) is 3.18. The van der Waals surface area contributed by atoms with Crippen LogP contribution in [0.4, 0.5) is 0 Å². The van der Waals surface area contributed by atoms with E-state index in [0.717, 1.165) is 6.42 Å². The summed E-state index contributed by atoms with van der Waals surface area (Å²) < 4.78 is 0. The molecule has 0 aromatic rings. The van der Waals surface area contributed by atoms with Gasteiger partial charge in [-0.2, -0.15) is 0 Å². The number of hydrogen-bond acceptors (Lipinski definition) is 0. The smallest absolute Gasteiger partial charge is 0.00558 e. The maximum atomic E-state index is 2.27. The lowest BCUT2D eigenvalue weighted by atomic mass is 10.00. The summed E-state index contributed by atoms with van der Waals surface area (Å²) in [6.45, 7) is 2.15. The van der Waals surface area contributed by atoms with Gasteiger partial charge in [0.25, 0.3) is 0 Å². The molecule has 2 aliphatic carbocycles. The molecule has 0 heteroatoms. The van der Waals surface area contributed by atoms with Crippen molar-refractivity contribution in [1.29, 1.82) is 0 Å². The highest BCUT2D eigenvalue weighted by Crippen LogP contribution is 2.27. The average Bonchev–Trinajstić information content (AvgIpc) is 2.31. The Hall–Kier alpha value is -1.04. The normalized spacial score (nSPS) is 27.5. The summed E-state index contributed by atoms with van der Waals surface area (Å²) in [5.41, 5.74) is 2.83. The molecule has 11 heavy (non-hydrogen) atoms. The number of hydrogen-bond donors (Lipinski definition) is 0. The van der Waals surface area contributed by atoms with E-state index in [1.807, 2.05) is 0 Å². The molecule has 0 heterocycles. The Kier molecular flexibility index (Phi) is 1.54. The fraction of sp³-hybridized carbons (Fsp3) is 0.273. The van der Waals surface area contributed by atoms with Crippen LogP contribution < -0.4 is 0 Å². The Balaban J connectivity index is 2.34. The molecule has 0 bridgehead atoms. The molecule has 0 aromatic carbocycles. The van der Waals surface area contributed by atoms with Crippen molar-refractivity contribution in [3.05, 3.63) is 47.6 Å². The van der Waals surface area contributed by atoms with E-state index >= 15 is 0 Å². The number of allylic oxidation sites excluding steroid dienone is 8. The van der Waals surface area contributed by atoms with Crippen molar-refractivity contribution in [3.8, 4) is 0 Å². The number of fused-ring (bicyclic) bond motifs is 1. The van der Waals surface area contributed by atoms with Gasteiger partial charge in [0, 0.05) is 5.92 Å². The molecular formula is C11H12. The molecule has 0 N–H and O–H groups in total. The molecule has 0 spiro atoms. The minimum absolute atomic E-state index is 0.656. The molecule has 0 fully saturated rings. The summed E-state index contributed by atoms with van der Waals surface area (Å²) in [4.78, 5) is 0. The SMILES string of the molecule is CC1=CC2=CC=CC2CC=C1. The van der Waals surface area contributed by atoms with E-state index in [1.165, 1.54) is 11.1 Å². The first-order valence-electron chi connectivity index (χ1n) is 4.09. The van der Waals surface area contributed by atoms with Crippen molar-refractivity contribution in [2.24, 2.45) is 5.92 Å². The third-order valence-electron chi connectivity index (χ3n) is 2.23. The molecule has 1 unspecified atom stereocenters. The Morgan fingerprint density at radius 3 is 3.27 bits per heavy atom. The summed E-state index contributed by atoms with van der Waals surface area (Å²) >= 11 is 0. The van der Waals surface area contributed by atoms with Gasteiger partial charge in [-0.25, -0.2) is 0 Å². The highest BCUT2D eigenvalue weighted by Gasteiger charge is 2.12. The lowest BCUT2D eigenvalue weighted by Crippen LogP contribution is -1.91. The predicted molar refractivity (Wildman–Crippen MR) is 48.2 cm³/mol. The van der Waals surface area contributed by atoms with Gasteiger partial charge < -0.3 is 0 Å². The van der Waals surface area contributed by atoms with Gasteiger partial charge in [-0.1, -0.05) is 42.0 Å². The second-order valence-electron chi connectivity index (χ2n) is 3.18. The van der Waals surface area contributed by atoms with Crippen molar-refractivity contribution in [3.63, 3.8) is 0 Å². The van der Waals surface area contributed by atoms with Crippen molar-refractivity contribution >= 4 is 0 Å². The zero-order valence-corrected chi connectivity index (χ0v) is 6.75. The maximum absolute atomic E-state index is 2.27. The van der Waals surface area contributed by atoms with E-state index in [2.05, 4.69) is 43.4 Å². The van der Waals surface area contributed by atoms with Gasteiger partial charge in [-0.05, 0) is 18.9 Å². The summed E-state index contributed by atoms with van der Waals surface area (Å²) in [5, 5.41) is 0. The van der Waals surface area contributed by atoms with E-state index in [4.69, 9.17) is 0 Å². The van der Waals surface area contributed by atoms with E-state index in [1.54, 1.807) is 0 Å². The summed E-state index contributed by atoms with van der Waals surface area (Å²) in [6.07, 6.45) is 14.5. The van der Waals surface area contributed by atoms with Gasteiger partial charge in [-0.3, -0.25) is 0 Å². The fourth-order valence-electron chi connectivity index (χ4n) is 1.62. The van der Waals surface area contributed by atoms with E-state index in [9.17, 15) is 0 Å². The summed E-state index contributed by atoms with van der Waals surface area (Å²) in [7, 11) is 0. The Morgan fingerprint density at radius 1 is 1.45 bits per heavy atom. The standard InChI is InChI=1S/C11H12/c1-9-4-2-5-10-6-3-7-11(10)8-9/h2-4,6-8,10H,5H2,1H3. The fourth-order valence-corrected chi connectivity index (χ4v) is 1.62. The topological polar surface area (TPSA) is 0 Å². The third-order valence-corrected chi connectivity index (χ3v) is 2.23. The molecule has 56 valence electrons. The molecule has 2 aliphatic rings. The van der Waals surface area contributed by atoms with E-state index in [0.29, 0.717) is 5.92 Å². The van der Waals surface area contributed by atoms with Gasteiger partial charge in [0.1, 0.15) is 0 Å². The first-order chi connectivity index (χ1) is 5.36. The van der Waals surface area contributed by atoms with Crippen LogP contribution in [0.25, 0.3) is 0 Å². The highest BCUT2D eigenvalue weighted by molar-refractivity contribution is 5.41. The van der Waals surface area contributed by atoms with Gasteiger partial charge in [0.15, 0.2) is 0 Å². The Morgan fingerprint density at radius 2 is 2.36 bits per heavy atom. The average molecular weight is 144 g/mol. The molecule has 2 rings (SSSR count). The van der Waals surface area contributed by atoms with Crippen LogP contribution in [0.15, 0.2) is 47.6 Å². The van der Waals surface area contributed by atoms with Gasteiger partial charge in [0.2, 0.25) is 0 Å². The molecule has 0 nitrogen and oxygen atoms in total. The minimum Gasteiger partial charge on any atom is -0.0834 e. The first kappa shape index (κ1) is 6.66. The quantitative estimate of drug-likeness (QED) is 0.490. The van der Waals surface area contributed by atoms with Gasteiger partial charge in [-0.15, -0.1) is 0 Å². The first-order valence-corrected chi connectivity index (χ1v) is 4.09. The summed E-state index contributed by atoms with van der Waals surface area (Å²) in [5.74, 6) is 0.656. The number of rotatable bonds is 0. The lowest BCUT2D eigenvalue weighted by Gasteiger charge is -2.04. The van der Waals surface area contributed by atoms with Crippen LogP contribution in [0.3, 0.4) is 0 Å². The van der Waals surface area contributed by atoms with Crippen molar-refractivity contribution in [1.82, 2.24) is 0 Å². The molecule has 0 saturated carbocycles. The monoisotopic (exact) mass is 144 g/mol. The van der Waals surface area contributed by atoms with Crippen LogP contribution in [-0.4, -0.2) is 0 Å². The van der Waals surface area contributed by atoms with Crippen LogP contribution in [0.5, 0.6) is 0 Å². The molecule has 0 saturated heterocycles. The van der Waals surface area contributed by atoms with Gasteiger partial charge >= 0.3 is 0 Å². The third kappa shape index (κ3) is 1.21. The Labute approximate surface area is 67.6 Å². The molecule has 0 amide bonds. The van der Waals surface area contributed by atoms with Crippen molar-refractivity contribution in [2.75, 3.05) is 0 Å². The highest BCUT2D eigenvalue weighted by atomic mass is 14.2.